The van der Waals surface area contributed by atoms with Crippen LogP contribution in [0, 0.1) is 10.1 Å². The maximum absolute atomic E-state index is 12.6. The lowest BCUT2D eigenvalue weighted by atomic mass is 9.96. The molecule has 1 amide bonds. The highest BCUT2D eigenvalue weighted by molar-refractivity contribution is 6.33. The number of piperidine rings is 1. The first-order chi connectivity index (χ1) is 9.41. The van der Waals surface area contributed by atoms with E-state index in [1.54, 1.807) is 0 Å². The number of nitro benzene ring substituents is 1. The van der Waals surface area contributed by atoms with E-state index in [9.17, 15) is 14.9 Å². The van der Waals surface area contributed by atoms with E-state index in [1.807, 2.05) is 18.7 Å². The van der Waals surface area contributed by atoms with Crippen LogP contribution in [0.1, 0.15) is 43.5 Å². The smallest absolute Gasteiger partial charge is 0.287 e. The molecular formula is C14H17ClN2O3. The van der Waals surface area contributed by atoms with Crippen LogP contribution in [0.15, 0.2) is 18.2 Å². The number of benzene rings is 1. The minimum absolute atomic E-state index is 0.00170. The molecule has 2 rings (SSSR count). The number of likely N-dealkylation sites (tertiary alicyclic amines) is 1. The lowest BCUT2D eigenvalue weighted by Crippen LogP contribution is -2.47. The van der Waals surface area contributed by atoms with Crippen LogP contribution < -0.4 is 0 Å². The van der Waals surface area contributed by atoms with E-state index in [1.165, 1.54) is 18.2 Å². The summed E-state index contributed by atoms with van der Waals surface area (Å²) >= 11 is 5.87. The highest BCUT2D eigenvalue weighted by Crippen LogP contribution is 2.28. The van der Waals surface area contributed by atoms with Crippen molar-refractivity contribution >= 4 is 23.2 Å². The SMILES string of the molecule is CC1CCCC(C)N1C(=O)c1ccc([N+](=O)[O-])c(Cl)c1. The predicted molar refractivity (Wildman–Crippen MR) is 77.1 cm³/mol. The molecule has 1 aromatic rings. The largest absolute Gasteiger partial charge is 0.333 e. The van der Waals surface area contributed by atoms with E-state index < -0.39 is 4.92 Å². The number of nitrogens with zero attached hydrogens (tertiary/aromatic N) is 2. The molecule has 0 aliphatic carbocycles. The predicted octanol–water partition coefficient (Wildman–Crippen LogP) is 3.65. The average Bonchev–Trinajstić information content (AvgIpc) is 2.37. The Morgan fingerprint density at radius 2 is 1.95 bits per heavy atom. The number of carbonyl (C=O) groups excluding carboxylic acids is 1. The van der Waals surface area contributed by atoms with Gasteiger partial charge in [-0.05, 0) is 45.2 Å². The fourth-order valence-corrected chi connectivity index (χ4v) is 3.01. The molecule has 1 aliphatic heterocycles. The van der Waals surface area contributed by atoms with Crippen LogP contribution in [0.5, 0.6) is 0 Å². The Balaban J connectivity index is 2.29. The molecule has 1 aromatic carbocycles. The summed E-state index contributed by atoms with van der Waals surface area (Å²) in [6.07, 6.45) is 3.08. The van der Waals surface area contributed by atoms with Gasteiger partial charge in [0.05, 0.1) is 4.92 Å². The van der Waals surface area contributed by atoms with Crippen LogP contribution in [0.2, 0.25) is 5.02 Å². The lowest BCUT2D eigenvalue weighted by molar-refractivity contribution is -0.384. The highest BCUT2D eigenvalue weighted by atomic mass is 35.5. The maximum Gasteiger partial charge on any atom is 0.287 e. The highest BCUT2D eigenvalue weighted by Gasteiger charge is 2.30. The van der Waals surface area contributed by atoms with Crippen molar-refractivity contribution in [2.45, 2.75) is 45.2 Å². The zero-order valence-electron chi connectivity index (χ0n) is 11.5. The van der Waals surface area contributed by atoms with E-state index in [-0.39, 0.29) is 28.7 Å². The topological polar surface area (TPSA) is 63.5 Å². The van der Waals surface area contributed by atoms with Crippen molar-refractivity contribution in [3.63, 3.8) is 0 Å². The molecule has 0 saturated carbocycles. The van der Waals surface area contributed by atoms with Crippen molar-refractivity contribution in [2.75, 3.05) is 0 Å². The summed E-state index contributed by atoms with van der Waals surface area (Å²) in [6.45, 7) is 4.06. The molecule has 1 fully saturated rings. The number of rotatable bonds is 2. The van der Waals surface area contributed by atoms with Crippen LogP contribution in [-0.4, -0.2) is 27.8 Å². The Morgan fingerprint density at radius 1 is 1.35 bits per heavy atom. The van der Waals surface area contributed by atoms with E-state index in [0.717, 1.165) is 19.3 Å². The van der Waals surface area contributed by atoms with Gasteiger partial charge in [-0.15, -0.1) is 0 Å². The molecule has 1 aliphatic rings. The summed E-state index contributed by atoms with van der Waals surface area (Å²) in [5.41, 5.74) is 0.226. The van der Waals surface area contributed by atoms with Gasteiger partial charge in [0.15, 0.2) is 0 Å². The number of halogens is 1. The van der Waals surface area contributed by atoms with Crippen LogP contribution >= 0.6 is 11.6 Å². The summed E-state index contributed by atoms with van der Waals surface area (Å²) in [5, 5.41) is 10.7. The van der Waals surface area contributed by atoms with Crippen molar-refractivity contribution < 1.29 is 9.72 Å². The standard InChI is InChI=1S/C14H17ClN2O3/c1-9-4-3-5-10(2)16(9)14(18)11-6-7-13(17(19)20)12(15)8-11/h6-10H,3-5H2,1-2H3. The molecule has 1 heterocycles. The van der Waals surface area contributed by atoms with Crippen LogP contribution in [0.3, 0.4) is 0 Å². The molecule has 0 N–H and O–H groups in total. The molecule has 108 valence electrons. The second kappa shape index (κ2) is 5.79. The lowest BCUT2D eigenvalue weighted by Gasteiger charge is -2.39. The van der Waals surface area contributed by atoms with E-state index in [4.69, 9.17) is 11.6 Å². The second-order valence-corrected chi connectivity index (χ2v) is 5.67. The fraction of sp³-hybridized carbons (Fsp3) is 0.500. The van der Waals surface area contributed by atoms with Crippen LogP contribution in [0.4, 0.5) is 5.69 Å². The number of amides is 1. The molecule has 1 saturated heterocycles. The van der Waals surface area contributed by atoms with Gasteiger partial charge in [0, 0.05) is 23.7 Å². The van der Waals surface area contributed by atoms with Gasteiger partial charge in [-0.1, -0.05) is 11.6 Å². The van der Waals surface area contributed by atoms with Crippen molar-refractivity contribution in [1.29, 1.82) is 0 Å². The number of nitro groups is 1. The first-order valence-corrected chi connectivity index (χ1v) is 7.06. The van der Waals surface area contributed by atoms with Gasteiger partial charge < -0.3 is 4.90 Å². The summed E-state index contributed by atoms with van der Waals surface area (Å²) < 4.78 is 0. The quantitative estimate of drug-likeness (QED) is 0.618. The molecule has 2 atom stereocenters. The van der Waals surface area contributed by atoms with E-state index in [2.05, 4.69) is 0 Å². The second-order valence-electron chi connectivity index (χ2n) is 5.26. The number of hydrogen-bond donors (Lipinski definition) is 0. The van der Waals surface area contributed by atoms with Crippen molar-refractivity contribution in [3.8, 4) is 0 Å². The third-order valence-corrected chi connectivity index (χ3v) is 4.12. The van der Waals surface area contributed by atoms with Gasteiger partial charge in [-0.3, -0.25) is 14.9 Å². The molecule has 0 bridgehead atoms. The minimum atomic E-state index is -0.553. The molecule has 6 heteroatoms. The summed E-state index contributed by atoms with van der Waals surface area (Å²) in [5.74, 6) is -0.110. The van der Waals surface area contributed by atoms with Crippen LogP contribution in [0.25, 0.3) is 0 Å². The summed E-state index contributed by atoms with van der Waals surface area (Å²) in [6, 6.07) is 4.51. The Kier molecular flexibility index (Phi) is 4.28. The third-order valence-electron chi connectivity index (χ3n) is 3.82. The van der Waals surface area contributed by atoms with Gasteiger partial charge in [0.25, 0.3) is 11.6 Å². The Morgan fingerprint density at radius 3 is 2.45 bits per heavy atom. The molecule has 0 spiro atoms. The average molecular weight is 297 g/mol. The molecule has 5 nitrogen and oxygen atoms in total. The summed E-state index contributed by atoms with van der Waals surface area (Å²) in [4.78, 5) is 24.6. The molecule has 20 heavy (non-hydrogen) atoms. The first kappa shape index (κ1) is 14.8. The van der Waals surface area contributed by atoms with Gasteiger partial charge >= 0.3 is 0 Å². The van der Waals surface area contributed by atoms with Gasteiger partial charge in [-0.25, -0.2) is 0 Å². The Bertz CT molecular complexity index is 537. The fourth-order valence-electron chi connectivity index (χ4n) is 2.76. The van der Waals surface area contributed by atoms with Gasteiger partial charge in [-0.2, -0.15) is 0 Å². The monoisotopic (exact) mass is 296 g/mol. The third kappa shape index (κ3) is 2.77. The summed E-state index contributed by atoms with van der Waals surface area (Å²) in [7, 11) is 0. The Hall–Kier alpha value is -1.62. The normalized spacial score (nSPS) is 22.6. The van der Waals surface area contributed by atoms with Gasteiger partial charge in [0.1, 0.15) is 5.02 Å². The van der Waals surface area contributed by atoms with E-state index >= 15 is 0 Å². The maximum atomic E-state index is 12.6. The van der Waals surface area contributed by atoms with Crippen LogP contribution in [-0.2, 0) is 0 Å². The van der Waals surface area contributed by atoms with Crippen molar-refractivity contribution in [3.05, 3.63) is 38.9 Å². The molecular weight excluding hydrogens is 280 g/mol. The molecule has 0 radical (unpaired) electrons. The number of hydrogen-bond acceptors (Lipinski definition) is 3. The minimum Gasteiger partial charge on any atom is -0.333 e. The first-order valence-electron chi connectivity index (χ1n) is 6.68. The molecule has 0 aromatic heterocycles. The van der Waals surface area contributed by atoms with Crippen molar-refractivity contribution in [1.82, 2.24) is 4.90 Å². The molecule has 2 unspecified atom stereocenters. The van der Waals surface area contributed by atoms with E-state index in [0.29, 0.717) is 5.56 Å². The Labute approximate surface area is 122 Å². The zero-order chi connectivity index (χ0) is 14.9. The van der Waals surface area contributed by atoms with Crippen molar-refractivity contribution in [2.24, 2.45) is 0 Å². The number of carbonyl (C=O) groups is 1. The zero-order valence-corrected chi connectivity index (χ0v) is 12.3. The van der Waals surface area contributed by atoms with Gasteiger partial charge in [0.2, 0.25) is 0 Å².